The molecule has 2 heterocycles. The predicted octanol–water partition coefficient (Wildman–Crippen LogP) is 3.87. The third kappa shape index (κ3) is 3.00. The molecular weight excluding hydrogens is 402 g/mol. The number of amides is 1. The first-order valence-corrected chi connectivity index (χ1v) is 12.6. The van der Waals surface area contributed by atoms with E-state index in [0.717, 1.165) is 92.5 Å². The van der Waals surface area contributed by atoms with Crippen molar-refractivity contribution in [3.05, 3.63) is 33.4 Å². The molecule has 0 atom stereocenters. The lowest BCUT2D eigenvalue weighted by Crippen LogP contribution is -2.51. The number of aromatic nitrogens is 4. The van der Waals surface area contributed by atoms with Crippen molar-refractivity contribution in [2.24, 2.45) is 23.2 Å². The van der Waals surface area contributed by atoms with Crippen molar-refractivity contribution in [2.45, 2.75) is 83.0 Å². The Labute approximate surface area is 187 Å². The molecule has 2 aromatic heterocycles. The lowest BCUT2D eigenvalue weighted by molar-refractivity contribution is -0.140. The smallest absolute Gasteiger partial charge is 0.255 e. The summed E-state index contributed by atoms with van der Waals surface area (Å²) >= 11 is 0. The second-order valence-corrected chi connectivity index (χ2v) is 11.3. The van der Waals surface area contributed by atoms with Crippen molar-refractivity contribution >= 4 is 11.7 Å². The maximum absolute atomic E-state index is 13.7. The van der Waals surface area contributed by atoms with Gasteiger partial charge in [0.05, 0.1) is 16.8 Å². The van der Waals surface area contributed by atoms with E-state index in [2.05, 4.69) is 10.3 Å². The van der Waals surface area contributed by atoms with Gasteiger partial charge in [-0.25, -0.2) is 4.98 Å². The van der Waals surface area contributed by atoms with Crippen LogP contribution in [0.2, 0.25) is 0 Å². The van der Waals surface area contributed by atoms with Crippen LogP contribution in [0, 0.1) is 23.2 Å². The molecule has 0 aromatic carbocycles. The fourth-order valence-corrected chi connectivity index (χ4v) is 7.56. The normalized spacial score (nSPS) is 32.7. The molecule has 5 saturated carbocycles. The standard InChI is InChI=1S/C25H31N5O2/c31-22-18-3-1-2-4-19(18)26-24(28-22)30-21(10-20(29-30)17-5-6-17)27-23(32)25-11-14-7-15(12-25)9-16(8-14)13-25/h10,14-17H,1-9,11-13H2,(H,27,32)(H,26,28,31). The number of carbonyl (C=O) groups is 1. The fraction of sp³-hybridized carbons (Fsp3) is 0.680. The summed E-state index contributed by atoms with van der Waals surface area (Å²) in [6, 6.07) is 2.01. The van der Waals surface area contributed by atoms with Crippen molar-refractivity contribution in [2.75, 3.05) is 5.32 Å². The van der Waals surface area contributed by atoms with Crippen molar-refractivity contribution in [3.8, 4) is 5.95 Å². The van der Waals surface area contributed by atoms with E-state index in [1.165, 1.54) is 19.3 Å². The molecule has 32 heavy (non-hydrogen) atoms. The third-order valence-corrected chi connectivity index (χ3v) is 8.87. The highest BCUT2D eigenvalue weighted by Gasteiger charge is 2.54. The molecule has 6 aliphatic carbocycles. The van der Waals surface area contributed by atoms with Crippen LogP contribution in [0.5, 0.6) is 0 Å². The van der Waals surface area contributed by atoms with Gasteiger partial charge in [-0.1, -0.05) is 0 Å². The molecule has 5 fully saturated rings. The highest BCUT2D eigenvalue weighted by Crippen LogP contribution is 2.60. The first-order valence-electron chi connectivity index (χ1n) is 12.6. The molecule has 0 aliphatic heterocycles. The van der Waals surface area contributed by atoms with Gasteiger partial charge < -0.3 is 5.32 Å². The summed E-state index contributed by atoms with van der Waals surface area (Å²) in [5.74, 6) is 3.86. The Hall–Kier alpha value is -2.44. The van der Waals surface area contributed by atoms with E-state index in [1.54, 1.807) is 4.68 Å². The van der Waals surface area contributed by atoms with E-state index in [1.807, 2.05) is 6.07 Å². The molecule has 0 radical (unpaired) electrons. The first kappa shape index (κ1) is 19.1. The Morgan fingerprint density at radius 2 is 1.75 bits per heavy atom. The van der Waals surface area contributed by atoms with E-state index < -0.39 is 0 Å². The van der Waals surface area contributed by atoms with Gasteiger partial charge in [0.15, 0.2) is 0 Å². The Morgan fingerprint density at radius 3 is 2.44 bits per heavy atom. The van der Waals surface area contributed by atoms with E-state index in [9.17, 15) is 9.59 Å². The predicted molar refractivity (Wildman–Crippen MR) is 120 cm³/mol. The van der Waals surface area contributed by atoms with Crippen molar-refractivity contribution in [3.63, 3.8) is 0 Å². The van der Waals surface area contributed by atoms with Crippen LogP contribution in [0.15, 0.2) is 10.9 Å². The summed E-state index contributed by atoms with van der Waals surface area (Å²) in [7, 11) is 0. The van der Waals surface area contributed by atoms with Crippen molar-refractivity contribution in [1.82, 2.24) is 19.7 Å². The average molecular weight is 434 g/mol. The van der Waals surface area contributed by atoms with Gasteiger partial charge in [-0.2, -0.15) is 9.78 Å². The minimum Gasteiger partial charge on any atom is -0.310 e. The first-order chi connectivity index (χ1) is 15.6. The molecule has 6 aliphatic rings. The maximum atomic E-state index is 13.7. The van der Waals surface area contributed by atoms with Crippen LogP contribution in [0.3, 0.4) is 0 Å². The second kappa shape index (κ2) is 6.78. The van der Waals surface area contributed by atoms with Gasteiger partial charge in [0.1, 0.15) is 5.82 Å². The Bertz CT molecular complexity index is 1120. The molecule has 7 nitrogen and oxygen atoms in total. The van der Waals surface area contributed by atoms with E-state index in [4.69, 9.17) is 10.1 Å². The van der Waals surface area contributed by atoms with Gasteiger partial charge in [0.25, 0.3) is 5.56 Å². The molecule has 0 spiro atoms. The second-order valence-electron chi connectivity index (χ2n) is 11.3. The zero-order valence-corrected chi connectivity index (χ0v) is 18.5. The number of hydrogen-bond acceptors (Lipinski definition) is 4. The van der Waals surface area contributed by atoms with Crippen molar-refractivity contribution < 1.29 is 4.79 Å². The summed E-state index contributed by atoms with van der Waals surface area (Å²) in [5.41, 5.74) is 2.41. The van der Waals surface area contributed by atoms with Crippen LogP contribution in [-0.2, 0) is 17.6 Å². The highest BCUT2D eigenvalue weighted by molar-refractivity contribution is 5.95. The van der Waals surface area contributed by atoms with Crippen LogP contribution < -0.4 is 10.9 Å². The quantitative estimate of drug-likeness (QED) is 0.766. The highest BCUT2D eigenvalue weighted by atomic mass is 16.2. The average Bonchev–Trinajstić information content (AvgIpc) is 3.53. The lowest BCUT2D eigenvalue weighted by Gasteiger charge is -2.55. The molecule has 0 unspecified atom stereocenters. The zero-order valence-electron chi connectivity index (χ0n) is 18.5. The van der Waals surface area contributed by atoms with Gasteiger partial charge in [0, 0.05) is 17.5 Å². The van der Waals surface area contributed by atoms with Crippen LogP contribution in [0.25, 0.3) is 5.95 Å². The van der Waals surface area contributed by atoms with Gasteiger partial charge in [0.2, 0.25) is 11.9 Å². The molecule has 2 N–H and O–H groups in total. The summed E-state index contributed by atoms with van der Waals surface area (Å²) in [6.07, 6.45) is 13.0. The number of hydrogen-bond donors (Lipinski definition) is 2. The number of nitrogens with zero attached hydrogens (tertiary/aromatic N) is 3. The largest absolute Gasteiger partial charge is 0.310 e. The Morgan fingerprint density at radius 1 is 1.06 bits per heavy atom. The molecule has 1 amide bonds. The van der Waals surface area contributed by atoms with Gasteiger partial charge in [-0.05, 0) is 94.8 Å². The topological polar surface area (TPSA) is 92.7 Å². The number of anilines is 1. The molecule has 4 bridgehead atoms. The van der Waals surface area contributed by atoms with Gasteiger partial charge >= 0.3 is 0 Å². The SMILES string of the molecule is O=C(Nc1cc(C2CC2)nn1-c1nc2c(c(=O)[nH]1)CCCC2)C12CC3CC(CC(C3)C1)C2. The Balaban J connectivity index is 1.25. The number of carbonyl (C=O) groups excluding carboxylic acids is 1. The molecule has 168 valence electrons. The summed E-state index contributed by atoms with van der Waals surface area (Å²) in [6.45, 7) is 0. The van der Waals surface area contributed by atoms with E-state index in [0.29, 0.717) is 17.7 Å². The van der Waals surface area contributed by atoms with Gasteiger partial charge in [-0.3, -0.25) is 14.6 Å². The van der Waals surface area contributed by atoms with Crippen LogP contribution in [0.4, 0.5) is 5.82 Å². The molecular formula is C25H31N5O2. The molecule has 7 heteroatoms. The third-order valence-electron chi connectivity index (χ3n) is 8.87. The monoisotopic (exact) mass is 433 g/mol. The van der Waals surface area contributed by atoms with Crippen molar-refractivity contribution in [1.29, 1.82) is 0 Å². The maximum Gasteiger partial charge on any atom is 0.255 e. The lowest BCUT2D eigenvalue weighted by atomic mass is 9.49. The molecule has 0 saturated heterocycles. The number of nitrogens with one attached hydrogen (secondary N) is 2. The number of rotatable bonds is 4. The van der Waals surface area contributed by atoms with E-state index in [-0.39, 0.29) is 16.9 Å². The van der Waals surface area contributed by atoms with Crippen LogP contribution in [-0.4, -0.2) is 25.7 Å². The molecule has 2 aromatic rings. The number of aromatic amines is 1. The minimum atomic E-state index is -0.222. The zero-order chi connectivity index (χ0) is 21.4. The van der Waals surface area contributed by atoms with Crippen LogP contribution >= 0.6 is 0 Å². The number of fused-ring (bicyclic) bond motifs is 1. The summed E-state index contributed by atoms with van der Waals surface area (Å²) < 4.78 is 1.68. The van der Waals surface area contributed by atoms with Crippen LogP contribution in [0.1, 0.15) is 87.1 Å². The number of aryl methyl sites for hydroxylation is 1. The van der Waals surface area contributed by atoms with E-state index >= 15 is 0 Å². The number of H-pyrrole nitrogens is 1. The summed E-state index contributed by atoms with van der Waals surface area (Å²) in [5, 5.41) is 8.07. The summed E-state index contributed by atoms with van der Waals surface area (Å²) in [4.78, 5) is 34.2. The van der Waals surface area contributed by atoms with Gasteiger partial charge in [-0.15, -0.1) is 0 Å². The fourth-order valence-electron chi connectivity index (χ4n) is 7.56. The minimum absolute atomic E-state index is 0.0634. The Kier molecular flexibility index (Phi) is 4.04. The molecule has 8 rings (SSSR count).